The SMILES string of the molecule is CC(C)Oc1cc(OC(C)C)c(P)c(OC(C)C)c1.O=C1C=C(N2CC2)C(=O)C(N2CC2)=C1N1CC1. The monoisotopic (exact) mass is 515 g/mol. The zero-order chi connectivity index (χ0) is 26.1. The summed E-state index contributed by atoms with van der Waals surface area (Å²) in [5, 5.41) is 0.929. The Morgan fingerprint density at radius 2 is 1.14 bits per heavy atom. The Bertz CT molecular complexity index is 1050. The number of nitrogens with zero attached hydrogens (tertiary/aromatic N) is 3. The number of carbonyl (C=O) groups excluding carboxylic acids is 2. The van der Waals surface area contributed by atoms with Crippen LogP contribution >= 0.6 is 9.24 Å². The zero-order valence-corrected chi connectivity index (χ0v) is 23.3. The van der Waals surface area contributed by atoms with E-state index in [-0.39, 0.29) is 29.9 Å². The number of ether oxygens (including phenoxy) is 3. The van der Waals surface area contributed by atoms with Gasteiger partial charge in [-0.05, 0) is 41.5 Å². The summed E-state index contributed by atoms with van der Waals surface area (Å²) < 4.78 is 17.4. The summed E-state index contributed by atoms with van der Waals surface area (Å²) in [4.78, 5) is 30.5. The molecule has 0 spiro atoms. The van der Waals surface area contributed by atoms with E-state index in [1.807, 2.05) is 68.4 Å². The second-order valence-corrected chi connectivity index (χ2v) is 10.8. The van der Waals surface area contributed by atoms with Crippen LogP contribution in [-0.4, -0.2) is 83.8 Å². The number of carbonyl (C=O) groups is 2. The predicted molar refractivity (Wildman–Crippen MR) is 143 cm³/mol. The molecule has 0 bridgehead atoms. The molecule has 196 valence electrons. The average Bonchev–Trinajstić information content (AvgIpc) is 3.61. The number of ketones is 2. The van der Waals surface area contributed by atoms with E-state index in [1.54, 1.807) is 0 Å². The Kier molecular flexibility index (Phi) is 7.84. The van der Waals surface area contributed by atoms with Crippen molar-refractivity contribution in [2.24, 2.45) is 0 Å². The van der Waals surface area contributed by atoms with Crippen molar-refractivity contribution in [3.63, 3.8) is 0 Å². The van der Waals surface area contributed by atoms with Crippen molar-refractivity contribution in [1.29, 1.82) is 0 Å². The first-order chi connectivity index (χ1) is 17.0. The van der Waals surface area contributed by atoms with Crippen molar-refractivity contribution in [3.05, 3.63) is 35.3 Å². The van der Waals surface area contributed by atoms with Gasteiger partial charge >= 0.3 is 0 Å². The van der Waals surface area contributed by atoms with E-state index >= 15 is 0 Å². The Balaban J connectivity index is 0.000000169. The van der Waals surface area contributed by atoms with Gasteiger partial charge in [0.15, 0.2) is 0 Å². The highest BCUT2D eigenvalue weighted by atomic mass is 31.0. The summed E-state index contributed by atoms with van der Waals surface area (Å²) in [7, 11) is 2.69. The van der Waals surface area contributed by atoms with Crippen LogP contribution in [0.25, 0.3) is 0 Å². The summed E-state index contributed by atoms with van der Waals surface area (Å²) >= 11 is 0. The molecule has 1 unspecified atom stereocenters. The smallest absolute Gasteiger partial charge is 0.227 e. The van der Waals surface area contributed by atoms with E-state index in [2.05, 4.69) is 9.24 Å². The van der Waals surface area contributed by atoms with Gasteiger partial charge in [0, 0.05) is 57.5 Å². The van der Waals surface area contributed by atoms with Crippen molar-refractivity contribution < 1.29 is 23.8 Å². The third kappa shape index (κ3) is 6.52. The molecule has 5 rings (SSSR count). The summed E-state index contributed by atoms with van der Waals surface area (Å²) in [6.45, 7) is 17.4. The van der Waals surface area contributed by atoms with Crippen molar-refractivity contribution in [2.45, 2.75) is 59.9 Å². The molecule has 8 nitrogen and oxygen atoms in total. The van der Waals surface area contributed by atoms with Gasteiger partial charge in [-0.25, -0.2) is 0 Å². The maximum Gasteiger partial charge on any atom is 0.227 e. The molecule has 0 saturated carbocycles. The maximum absolute atomic E-state index is 12.4. The van der Waals surface area contributed by atoms with Crippen molar-refractivity contribution in [2.75, 3.05) is 39.3 Å². The number of hydrogen-bond acceptors (Lipinski definition) is 8. The van der Waals surface area contributed by atoms with Crippen LogP contribution in [0.4, 0.5) is 0 Å². The molecule has 1 atom stereocenters. The van der Waals surface area contributed by atoms with E-state index < -0.39 is 0 Å². The number of benzene rings is 1. The van der Waals surface area contributed by atoms with Gasteiger partial charge in [0.25, 0.3) is 0 Å². The number of hydrogen-bond donors (Lipinski definition) is 0. The molecule has 3 fully saturated rings. The summed E-state index contributed by atoms with van der Waals surface area (Å²) in [6, 6.07) is 3.82. The highest BCUT2D eigenvalue weighted by Gasteiger charge is 2.43. The normalized spacial score (nSPS) is 18.5. The number of allylic oxidation sites excluding steroid dienone is 1. The summed E-state index contributed by atoms with van der Waals surface area (Å²) in [5.74, 6) is 2.39. The van der Waals surface area contributed by atoms with E-state index in [0.717, 1.165) is 61.8 Å². The van der Waals surface area contributed by atoms with Crippen LogP contribution in [0, 0.1) is 0 Å². The van der Waals surface area contributed by atoms with Gasteiger partial charge in [-0.1, -0.05) is 9.24 Å². The van der Waals surface area contributed by atoms with Crippen LogP contribution in [0.3, 0.4) is 0 Å². The first-order valence-electron chi connectivity index (χ1n) is 12.8. The van der Waals surface area contributed by atoms with E-state index in [9.17, 15) is 9.59 Å². The van der Waals surface area contributed by atoms with E-state index in [1.165, 1.54) is 6.08 Å². The molecule has 1 aromatic carbocycles. The van der Waals surface area contributed by atoms with Crippen LogP contribution in [0.2, 0.25) is 0 Å². The topological polar surface area (TPSA) is 70.9 Å². The van der Waals surface area contributed by atoms with E-state index in [0.29, 0.717) is 17.1 Å². The van der Waals surface area contributed by atoms with Crippen LogP contribution in [0.5, 0.6) is 17.2 Å². The third-order valence-electron chi connectivity index (χ3n) is 5.66. The van der Waals surface area contributed by atoms with Crippen LogP contribution in [0.1, 0.15) is 41.5 Å². The molecule has 3 saturated heterocycles. The molecule has 4 aliphatic rings. The fraction of sp³-hybridized carbons (Fsp3) is 0.556. The fourth-order valence-electron chi connectivity index (χ4n) is 3.90. The van der Waals surface area contributed by atoms with Gasteiger partial charge < -0.3 is 28.9 Å². The van der Waals surface area contributed by atoms with Crippen molar-refractivity contribution >= 4 is 26.1 Å². The second-order valence-electron chi connectivity index (χ2n) is 10.2. The van der Waals surface area contributed by atoms with Crippen LogP contribution < -0.4 is 19.5 Å². The Hall–Kier alpha value is -2.73. The molecule has 36 heavy (non-hydrogen) atoms. The molecule has 0 amide bonds. The van der Waals surface area contributed by atoms with Crippen LogP contribution in [-0.2, 0) is 9.59 Å². The number of rotatable bonds is 9. The molecule has 0 N–H and O–H groups in total. The third-order valence-corrected chi connectivity index (χ3v) is 6.23. The number of Topliss-reactive ketones (excluding diaryl/α,β-unsaturated/α-hetero) is 1. The largest absolute Gasteiger partial charge is 0.491 e. The Morgan fingerprint density at radius 3 is 1.56 bits per heavy atom. The van der Waals surface area contributed by atoms with Crippen molar-refractivity contribution in [3.8, 4) is 17.2 Å². The molecule has 1 aromatic rings. The fourth-order valence-corrected chi connectivity index (χ4v) is 4.20. The van der Waals surface area contributed by atoms with Gasteiger partial charge in [-0.3, -0.25) is 9.59 Å². The first kappa shape index (κ1) is 26.3. The highest BCUT2D eigenvalue weighted by Crippen LogP contribution is 2.34. The Morgan fingerprint density at radius 1 is 0.694 bits per heavy atom. The predicted octanol–water partition coefficient (Wildman–Crippen LogP) is 2.73. The van der Waals surface area contributed by atoms with Crippen molar-refractivity contribution in [1.82, 2.24) is 14.7 Å². The molecule has 3 aliphatic heterocycles. The first-order valence-corrected chi connectivity index (χ1v) is 13.4. The molecule has 0 aromatic heterocycles. The minimum atomic E-state index is 0.00546. The van der Waals surface area contributed by atoms with Gasteiger partial charge in [0.1, 0.15) is 28.6 Å². The van der Waals surface area contributed by atoms with Crippen LogP contribution in [0.15, 0.2) is 35.3 Å². The zero-order valence-electron chi connectivity index (χ0n) is 22.2. The lowest BCUT2D eigenvalue weighted by molar-refractivity contribution is -0.117. The highest BCUT2D eigenvalue weighted by molar-refractivity contribution is 7.28. The molecule has 3 heterocycles. The quantitative estimate of drug-likeness (QED) is 0.283. The van der Waals surface area contributed by atoms with Gasteiger partial charge in [0.05, 0.1) is 29.3 Å². The van der Waals surface area contributed by atoms with Gasteiger partial charge in [-0.2, -0.15) is 0 Å². The lowest BCUT2D eigenvalue weighted by Crippen LogP contribution is -2.29. The minimum Gasteiger partial charge on any atom is -0.491 e. The average molecular weight is 516 g/mol. The molecular formula is C27H38N3O5P. The van der Waals surface area contributed by atoms with Gasteiger partial charge in [0.2, 0.25) is 11.6 Å². The molecule has 0 radical (unpaired) electrons. The molecular weight excluding hydrogens is 477 g/mol. The molecule has 9 heteroatoms. The molecule has 1 aliphatic carbocycles. The maximum atomic E-state index is 12.4. The van der Waals surface area contributed by atoms with E-state index in [4.69, 9.17) is 14.2 Å². The summed E-state index contributed by atoms with van der Waals surface area (Å²) in [5.41, 5.74) is 1.89. The standard InChI is InChI=1S/C15H25O3P.C12H13N3O2/c1-9(2)16-12-7-13(17-10(3)4)15(19)14(8-12)18-11(5)6;16-9-7-8(13-1-2-13)12(17)11(15-5-6-15)10(9)14-3-4-14/h7-11H,19H2,1-6H3;7H,1-6H2. The summed E-state index contributed by atoms with van der Waals surface area (Å²) in [6.07, 6.45) is 1.87. The minimum absolute atomic E-state index is 0.00546. The second kappa shape index (κ2) is 10.7. The van der Waals surface area contributed by atoms with Gasteiger partial charge in [-0.15, -0.1) is 0 Å². The lowest BCUT2D eigenvalue weighted by atomic mass is 10.0. The Labute approximate surface area is 216 Å². The lowest BCUT2D eigenvalue weighted by Gasteiger charge is -2.21.